The average Bonchev–Trinajstić information content (AvgIpc) is 2.34. The molecule has 90 valence electrons. The molecule has 0 radical (unpaired) electrons. The molecule has 0 bridgehead atoms. The fourth-order valence-corrected chi connectivity index (χ4v) is 2.26. The molecule has 1 saturated heterocycles. The number of nitrogens with one attached hydrogen (secondary N) is 1. The molecular weight excluding hydrogens is 222 g/mol. The van der Waals surface area contributed by atoms with Gasteiger partial charge in [-0.05, 0) is 44.0 Å². The van der Waals surface area contributed by atoms with Crippen LogP contribution in [0.4, 0.5) is 8.78 Å². The fraction of sp³-hybridized carbons (Fsp3) is 0.462. The summed E-state index contributed by atoms with van der Waals surface area (Å²) in [6.07, 6.45) is 1.78. The van der Waals surface area contributed by atoms with Crippen molar-refractivity contribution in [3.8, 4) is 6.07 Å². The van der Waals surface area contributed by atoms with E-state index in [-0.39, 0.29) is 0 Å². The summed E-state index contributed by atoms with van der Waals surface area (Å²) in [5.41, 5.74) is -0.0842. The van der Waals surface area contributed by atoms with Gasteiger partial charge in [0.15, 0.2) is 0 Å². The Labute approximate surface area is 99.3 Å². The van der Waals surface area contributed by atoms with Crippen LogP contribution in [0.3, 0.4) is 0 Å². The van der Waals surface area contributed by atoms with Crippen LogP contribution >= 0.6 is 0 Å². The van der Waals surface area contributed by atoms with Crippen molar-refractivity contribution in [3.63, 3.8) is 0 Å². The number of nitriles is 1. The first kappa shape index (κ1) is 12.0. The number of halogens is 2. The Balaban J connectivity index is 2.21. The third kappa shape index (κ3) is 2.62. The summed E-state index contributed by atoms with van der Waals surface area (Å²) in [7, 11) is 0. The van der Waals surface area contributed by atoms with E-state index in [1.54, 1.807) is 0 Å². The van der Waals surface area contributed by atoms with Crippen molar-refractivity contribution in [3.05, 3.63) is 35.4 Å². The number of hydrogen-bond acceptors (Lipinski definition) is 2. The second kappa shape index (κ2) is 4.80. The number of benzene rings is 1. The molecule has 0 saturated carbocycles. The van der Waals surface area contributed by atoms with Crippen LogP contribution in [0.25, 0.3) is 0 Å². The van der Waals surface area contributed by atoms with Crippen molar-refractivity contribution >= 4 is 0 Å². The van der Waals surface area contributed by atoms with Crippen LogP contribution in [0.2, 0.25) is 0 Å². The third-order valence-corrected chi connectivity index (χ3v) is 3.34. The maximum absolute atomic E-state index is 13.5. The molecule has 0 atom stereocenters. The smallest absolute Gasteiger partial charge is 0.129 e. The van der Waals surface area contributed by atoms with Gasteiger partial charge in [-0.1, -0.05) is 6.07 Å². The SMILES string of the molecule is N#CC1(Cc2ccc(F)cc2F)CCNCC1. The van der Waals surface area contributed by atoms with Crippen molar-refractivity contribution < 1.29 is 8.78 Å². The molecule has 17 heavy (non-hydrogen) atoms. The highest BCUT2D eigenvalue weighted by molar-refractivity contribution is 5.22. The summed E-state index contributed by atoms with van der Waals surface area (Å²) in [4.78, 5) is 0. The summed E-state index contributed by atoms with van der Waals surface area (Å²) in [5.74, 6) is -1.14. The molecule has 1 aliphatic heterocycles. The minimum Gasteiger partial charge on any atom is -0.317 e. The maximum Gasteiger partial charge on any atom is 0.129 e. The van der Waals surface area contributed by atoms with Crippen LogP contribution < -0.4 is 5.32 Å². The zero-order chi connectivity index (χ0) is 12.3. The van der Waals surface area contributed by atoms with Crippen molar-refractivity contribution in [1.29, 1.82) is 5.26 Å². The van der Waals surface area contributed by atoms with E-state index in [0.29, 0.717) is 24.8 Å². The van der Waals surface area contributed by atoms with Crippen LogP contribution in [0, 0.1) is 28.4 Å². The highest BCUT2D eigenvalue weighted by atomic mass is 19.1. The first-order valence-electron chi connectivity index (χ1n) is 5.71. The Hall–Kier alpha value is -1.47. The second-order valence-corrected chi connectivity index (χ2v) is 4.55. The highest BCUT2D eigenvalue weighted by Gasteiger charge is 2.33. The largest absolute Gasteiger partial charge is 0.317 e. The molecule has 1 N–H and O–H groups in total. The monoisotopic (exact) mass is 236 g/mol. The number of nitrogens with zero attached hydrogens (tertiary/aromatic N) is 1. The van der Waals surface area contributed by atoms with E-state index in [2.05, 4.69) is 11.4 Å². The lowest BCUT2D eigenvalue weighted by Crippen LogP contribution is -2.37. The summed E-state index contributed by atoms with van der Waals surface area (Å²) in [5, 5.41) is 12.5. The normalized spacial score (nSPS) is 18.6. The van der Waals surface area contributed by atoms with E-state index in [1.165, 1.54) is 12.1 Å². The lowest BCUT2D eigenvalue weighted by atomic mass is 9.75. The molecule has 0 spiro atoms. The van der Waals surface area contributed by atoms with Gasteiger partial charge in [-0.3, -0.25) is 0 Å². The van der Waals surface area contributed by atoms with Gasteiger partial charge in [0.2, 0.25) is 0 Å². The molecule has 0 aromatic heterocycles. The van der Waals surface area contributed by atoms with Gasteiger partial charge in [0.05, 0.1) is 11.5 Å². The van der Waals surface area contributed by atoms with Crippen molar-refractivity contribution in [2.45, 2.75) is 19.3 Å². The minimum absolute atomic E-state index is 0.358. The van der Waals surface area contributed by atoms with Gasteiger partial charge in [-0.25, -0.2) is 8.78 Å². The zero-order valence-corrected chi connectivity index (χ0v) is 9.47. The third-order valence-electron chi connectivity index (χ3n) is 3.34. The van der Waals surface area contributed by atoms with Gasteiger partial charge in [-0.15, -0.1) is 0 Å². The van der Waals surface area contributed by atoms with Gasteiger partial charge < -0.3 is 5.32 Å². The summed E-state index contributed by atoms with van der Waals surface area (Å²) < 4.78 is 26.3. The van der Waals surface area contributed by atoms with Crippen molar-refractivity contribution in [1.82, 2.24) is 5.32 Å². The van der Waals surface area contributed by atoms with Gasteiger partial charge in [0.25, 0.3) is 0 Å². The molecule has 1 fully saturated rings. The van der Waals surface area contributed by atoms with Crippen LogP contribution in [0.1, 0.15) is 18.4 Å². The van der Waals surface area contributed by atoms with E-state index in [0.717, 1.165) is 19.2 Å². The van der Waals surface area contributed by atoms with Gasteiger partial charge in [0, 0.05) is 6.07 Å². The first-order valence-corrected chi connectivity index (χ1v) is 5.71. The van der Waals surface area contributed by atoms with E-state index < -0.39 is 17.0 Å². The molecule has 1 aromatic rings. The predicted octanol–water partition coefficient (Wildman–Crippen LogP) is 2.40. The Morgan fingerprint density at radius 2 is 2.00 bits per heavy atom. The fourth-order valence-electron chi connectivity index (χ4n) is 2.26. The van der Waals surface area contributed by atoms with Crippen LogP contribution in [0.15, 0.2) is 18.2 Å². The number of piperidine rings is 1. The molecule has 4 heteroatoms. The summed E-state index contributed by atoms with van der Waals surface area (Å²) in [6.45, 7) is 1.55. The summed E-state index contributed by atoms with van der Waals surface area (Å²) >= 11 is 0. The van der Waals surface area contributed by atoms with E-state index >= 15 is 0 Å². The molecule has 1 heterocycles. The van der Waals surface area contributed by atoms with Gasteiger partial charge in [0.1, 0.15) is 11.6 Å². The summed E-state index contributed by atoms with van der Waals surface area (Å²) in [6, 6.07) is 5.86. The van der Waals surface area contributed by atoms with Gasteiger partial charge >= 0.3 is 0 Å². The Bertz CT molecular complexity index is 445. The molecule has 0 amide bonds. The van der Waals surface area contributed by atoms with Crippen LogP contribution in [-0.4, -0.2) is 13.1 Å². The molecule has 0 unspecified atom stereocenters. The molecule has 1 aromatic carbocycles. The number of rotatable bonds is 2. The van der Waals surface area contributed by atoms with E-state index in [1.807, 2.05) is 0 Å². The molecular formula is C13H14F2N2. The molecule has 0 aliphatic carbocycles. The van der Waals surface area contributed by atoms with Gasteiger partial charge in [-0.2, -0.15) is 5.26 Å². The Morgan fingerprint density at radius 1 is 1.29 bits per heavy atom. The minimum atomic E-state index is -0.581. The zero-order valence-electron chi connectivity index (χ0n) is 9.47. The van der Waals surface area contributed by atoms with E-state index in [4.69, 9.17) is 0 Å². The maximum atomic E-state index is 13.5. The molecule has 1 aliphatic rings. The second-order valence-electron chi connectivity index (χ2n) is 4.55. The number of hydrogen-bond donors (Lipinski definition) is 1. The highest BCUT2D eigenvalue weighted by Crippen LogP contribution is 2.32. The molecule has 2 rings (SSSR count). The standard InChI is InChI=1S/C13H14F2N2/c14-11-2-1-10(12(15)7-11)8-13(9-16)3-5-17-6-4-13/h1-2,7,17H,3-6,8H2. The average molecular weight is 236 g/mol. The lowest BCUT2D eigenvalue weighted by molar-refractivity contribution is 0.277. The van der Waals surface area contributed by atoms with Crippen molar-refractivity contribution in [2.75, 3.05) is 13.1 Å². The Morgan fingerprint density at radius 3 is 2.59 bits per heavy atom. The lowest BCUT2D eigenvalue weighted by Gasteiger charge is -2.31. The Kier molecular flexibility index (Phi) is 3.39. The van der Waals surface area contributed by atoms with E-state index in [9.17, 15) is 14.0 Å². The topological polar surface area (TPSA) is 35.8 Å². The van der Waals surface area contributed by atoms with Crippen molar-refractivity contribution in [2.24, 2.45) is 5.41 Å². The van der Waals surface area contributed by atoms with Crippen LogP contribution in [0.5, 0.6) is 0 Å². The first-order chi connectivity index (χ1) is 8.15. The quantitative estimate of drug-likeness (QED) is 0.855. The molecule has 2 nitrogen and oxygen atoms in total. The predicted molar refractivity (Wildman–Crippen MR) is 60.2 cm³/mol. The van der Waals surface area contributed by atoms with Crippen LogP contribution in [-0.2, 0) is 6.42 Å².